The van der Waals surface area contributed by atoms with E-state index in [-0.39, 0.29) is 23.6 Å². The fourth-order valence-corrected chi connectivity index (χ4v) is 3.35. The molecule has 30 heavy (non-hydrogen) atoms. The Kier molecular flexibility index (Phi) is 4.81. The monoisotopic (exact) mass is 411 g/mol. The Morgan fingerprint density at radius 1 is 1.47 bits per heavy atom. The quantitative estimate of drug-likeness (QED) is 0.693. The van der Waals surface area contributed by atoms with Gasteiger partial charge in [0.25, 0.3) is 0 Å². The van der Waals surface area contributed by atoms with Crippen LogP contribution in [0.3, 0.4) is 0 Å². The molecule has 0 bridgehead atoms. The average molecular weight is 411 g/mol. The van der Waals surface area contributed by atoms with Crippen LogP contribution in [0.1, 0.15) is 24.6 Å². The summed E-state index contributed by atoms with van der Waals surface area (Å²) < 4.78 is 30.0. The average Bonchev–Trinajstić information content (AvgIpc) is 3.36. The minimum Gasteiger partial charge on any atom is -0.334 e. The van der Waals surface area contributed by atoms with E-state index in [1.54, 1.807) is 37.1 Å². The molecule has 3 aromatic rings. The lowest BCUT2D eigenvalue weighted by Crippen LogP contribution is -2.20. The van der Waals surface area contributed by atoms with E-state index in [0.29, 0.717) is 28.8 Å². The normalized spacial score (nSPS) is 17.6. The number of aryl methyl sites for hydroxylation is 2. The van der Waals surface area contributed by atoms with Crippen LogP contribution in [0.15, 0.2) is 18.6 Å². The molecule has 1 aliphatic rings. The van der Waals surface area contributed by atoms with E-state index in [0.717, 1.165) is 0 Å². The van der Waals surface area contributed by atoms with E-state index in [9.17, 15) is 13.6 Å². The molecule has 10 heteroatoms. The van der Waals surface area contributed by atoms with Gasteiger partial charge in [-0.25, -0.2) is 23.7 Å². The van der Waals surface area contributed by atoms with Crippen LogP contribution in [0.5, 0.6) is 0 Å². The number of aromatic nitrogens is 4. The first-order chi connectivity index (χ1) is 14.3. The molecule has 0 aliphatic heterocycles. The Bertz CT molecular complexity index is 1200. The summed E-state index contributed by atoms with van der Waals surface area (Å²) in [5, 5.41) is 11.8. The van der Waals surface area contributed by atoms with E-state index < -0.39 is 23.8 Å². The lowest BCUT2D eigenvalue weighted by Gasteiger charge is -2.23. The first-order valence-electron chi connectivity index (χ1n) is 9.43. The molecule has 8 nitrogen and oxygen atoms in total. The highest BCUT2D eigenvalue weighted by atomic mass is 19.1. The van der Waals surface area contributed by atoms with Gasteiger partial charge < -0.3 is 14.8 Å². The number of fused-ring (bicyclic) bond motifs is 1. The minimum atomic E-state index is -1.14. The lowest BCUT2D eigenvalue weighted by molar-refractivity contribution is -0.117. The Morgan fingerprint density at radius 3 is 2.83 bits per heavy atom. The van der Waals surface area contributed by atoms with Crippen molar-refractivity contribution in [2.75, 3.05) is 17.3 Å². The van der Waals surface area contributed by atoms with Crippen molar-refractivity contribution in [2.45, 2.75) is 25.9 Å². The number of anilines is 3. The van der Waals surface area contributed by atoms with Crippen molar-refractivity contribution in [3.63, 3.8) is 0 Å². The van der Waals surface area contributed by atoms with Gasteiger partial charge in [0.2, 0.25) is 5.91 Å². The summed E-state index contributed by atoms with van der Waals surface area (Å²) in [6.45, 7) is 1.85. The van der Waals surface area contributed by atoms with Crippen molar-refractivity contribution in [3.05, 3.63) is 35.7 Å². The number of alkyl halides is 1. The standard InChI is InChI=1S/C20H19F2N7O/c1-4-10-8-24-13(7-23)16(22)18(10)29(3)15-6-14-17(25-9-28(14)2)19(26-15)27-20(30)11-5-12(11)21/h6,8-9,11-12H,4-5H2,1-3H3,(H,26,27,30)/t11-,12+/m0/s1. The van der Waals surface area contributed by atoms with Gasteiger partial charge in [0.05, 0.1) is 23.4 Å². The number of nitrogens with one attached hydrogen (secondary N) is 1. The van der Waals surface area contributed by atoms with Crippen LogP contribution < -0.4 is 10.2 Å². The highest BCUT2D eigenvalue weighted by Gasteiger charge is 2.44. The number of hydrogen-bond donors (Lipinski definition) is 1. The molecule has 0 saturated heterocycles. The second kappa shape index (κ2) is 7.33. The number of carbonyl (C=O) groups excluding carboxylic acids is 1. The van der Waals surface area contributed by atoms with Crippen LogP contribution in [-0.2, 0) is 18.3 Å². The zero-order valence-corrected chi connectivity index (χ0v) is 16.6. The third kappa shape index (κ3) is 3.22. The molecule has 1 saturated carbocycles. The number of amides is 1. The van der Waals surface area contributed by atoms with Gasteiger partial charge >= 0.3 is 0 Å². The van der Waals surface area contributed by atoms with Crippen LogP contribution >= 0.6 is 0 Å². The summed E-state index contributed by atoms with van der Waals surface area (Å²) in [6, 6.07) is 3.46. The predicted molar refractivity (Wildman–Crippen MR) is 106 cm³/mol. The third-order valence-corrected chi connectivity index (χ3v) is 5.23. The largest absolute Gasteiger partial charge is 0.334 e. The van der Waals surface area contributed by atoms with E-state index in [1.165, 1.54) is 11.1 Å². The first-order valence-corrected chi connectivity index (χ1v) is 9.43. The smallest absolute Gasteiger partial charge is 0.231 e. The summed E-state index contributed by atoms with van der Waals surface area (Å²) in [5.41, 5.74) is 1.57. The van der Waals surface area contributed by atoms with Gasteiger partial charge in [0.15, 0.2) is 17.3 Å². The first kappa shape index (κ1) is 19.7. The molecule has 1 N–H and O–H groups in total. The molecular weight excluding hydrogens is 392 g/mol. The maximum absolute atomic E-state index is 15.0. The number of imidazole rings is 1. The molecule has 1 amide bonds. The summed E-state index contributed by atoms with van der Waals surface area (Å²) in [6.07, 6.45) is 2.58. The van der Waals surface area contributed by atoms with Gasteiger partial charge in [0.1, 0.15) is 23.6 Å². The Hall–Kier alpha value is -3.61. The van der Waals surface area contributed by atoms with Crippen molar-refractivity contribution in [3.8, 4) is 6.07 Å². The third-order valence-electron chi connectivity index (χ3n) is 5.23. The molecule has 3 heterocycles. The summed E-state index contributed by atoms with van der Waals surface area (Å²) >= 11 is 0. The molecule has 0 radical (unpaired) electrons. The van der Waals surface area contributed by atoms with Crippen LogP contribution in [0.25, 0.3) is 11.0 Å². The molecule has 4 rings (SSSR count). The van der Waals surface area contributed by atoms with Crippen molar-refractivity contribution >= 4 is 34.3 Å². The number of pyridine rings is 2. The molecule has 0 spiro atoms. The number of rotatable bonds is 5. The lowest BCUT2D eigenvalue weighted by atomic mass is 10.1. The fraction of sp³-hybridized carbons (Fsp3) is 0.350. The Morgan fingerprint density at radius 2 is 2.20 bits per heavy atom. The molecule has 1 aliphatic carbocycles. The molecular formula is C20H19F2N7O. The molecule has 2 atom stereocenters. The SMILES string of the molecule is CCc1cnc(C#N)c(F)c1N(C)c1cc2c(ncn2C)c(NC(=O)[C@H]2C[C@H]2F)n1. The van der Waals surface area contributed by atoms with Gasteiger partial charge in [-0.3, -0.25) is 4.79 Å². The molecule has 0 unspecified atom stereocenters. The maximum atomic E-state index is 15.0. The fourth-order valence-electron chi connectivity index (χ4n) is 3.35. The zero-order chi connectivity index (χ0) is 21.6. The van der Waals surface area contributed by atoms with E-state index >= 15 is 0 Å². The van der Waals surface area contributed by atoms with E-state index in [2.05, 4.69) is 20.3 Å². The van der Waals surface area contributed by atoms with Crippen LogP contribution in [0.4, 0.5) is 26.1 Å². The number of nitriles is 1. The van der Waals surface area contributed by atoms with Crippen molar-refractivity contribution in [1.29, 1.82) is 5.26 Å². The van der Waals surface area contributed by atoms with Crippen molar-refractivity contribution in [2.24, 2.45) is 13.0 Å². The van der Waals surface area contributed by atoms with Crippen molar-refractivity contribution < 1.29 is 13.6 Å². The maximum Gasteiger partial charge on any atom is 0.231 e. The van der Waals surface area contributed by atoms with Crippen LogP contribution in [0.2, 0.25) is 0 Å². The van der Waals surface area contributed by atoms with Crippen LogP contribution in [-0.4, -0.2) is 38.6 Å². The van der Waals surface area contributed by atoms with Gasteiger partial charge in [-0.2, -0.15) is 5.26 Å². The topological polar surface area (TPSA) is 99.7 Å². The van der Waals surface area contributed by atoms with Gasteiger partial charge in [-0.05, 0) is 18.4 Å². The highest BCUT2D eigenvalue weighted by Crippen LogP contribution is 2.36. The van der Waals surface area contributed by atoms with E-state index in [4.69, 9.17) is 5.26 Å². The Labute approximate surface area is 171 Å². The molecule has 3 aromatic heterocycles. The second-order valence-electron chi connectivity index (χ2n) is 7.22. The van der Waals surface area contributed by atoms with Gasteiger partial charge in [0, 0.05) is 26.4 Å². The number of hydrogen-bond acceptors (Lipinski definition) is 6. The Balaban J connectivity index is 1.82. The number of nitrogens with zero attached hydrogens (tertiary/aromatic N) is 6. The number of halogens is 2. The zero-order valence-electron chi connectivity index (χ0n) is 16.6. The van der Waals surface area contributed by atoms with Crippen molar-refractivity contribution in [1.82, 2.24) is 19.5 Å². The predicted octanol–water partition coefficient (Wildman–Crippen LogP) is 3.00. The summed E-state index contributed by atoms with van der Waals surface area (Å²) in [5.74, 6) is -1.38. The molecule has 154 valence electrons. The second-order valence-corrected chi connectivity index (χ2v) is 7.22. The van der Waals surface area contributed by atoms with Gasteiger partial charge in [-0.15, -0.1) is 0 Å². The minimum absolute atomic E-state index is 0.173. The number of carbonyl (C=O) groups is 1. The highest BCUT2D eigenvalue weighted by molar-refractivity contribution is 6.01. The molecule has 0 aromatic carbocycles. The van der Waals surface area contributed by atoms with Crippen LogP contribution in [0, 0.1) is 23.1 Å². The van der Waals surface area contributed by atoms with E-state index in [1.807, 2.05) is 6.92 Å². The summed E-state index contributed by atoms with van der Waals surface area (Å²) in [7, 11) is 3.40. The molecule has 1 fully saturated rings. The van der Waals surface area contributed by atoms with Gasteiger partial charge in [-0.1, -0.05) is 6.92 Å². The summed E-state index contributed by atoms with van der Waals surface area (Å²) in [4.78, 5) is 26.4.